The van der Waals surface area contributed by atoms with Gasteiger partial charge >= 0.3 is 0 Å². The van der Waals surface area contributed by atoms with Crippen molar-refractivity contribution in [2.75, 3.05) is 0 Å². The van der Waals surface area contributed by atoms with Crippen LogP contribution in [0.15, 0.2) is 6.08 Å². The summed E-state index contributed by atoms with van der Waals surface area (Å²) >= 11 is 0. The van der Waals surface area contributed by atoms with E-state index in [4.69, 9.17) is 6.58 Å². The highest BCUT2D eigenvalue weighted by Gasteiger charge is 2.09. The van der Waals surface area contributed by atoms with Crippen LogP contribution in [0, 0.1) is 12.5 Å². The molecule has 0 nitrogen and oxygen atoms in total. The molecule has 0 heteroatoms. The van der Waals surface area contributed by atoms with E-state index in [1.165, 1.54) is 25.7 Å². The molecule has 0 aromatic carbocycles. The molecular formula is C7H10. The Morgan fingerprint density at radius 1 is 1.29 bits per heavy atom. The molecule has 7 heavy (non-hydrogen) atoms. The second-order valence-electron chi connectivity index (χ2n) is 2.21. The van der Waals surface area contributed by atoms with E-state index in [1.54, 1.807) is 6.08 Å². The van der Waals surface area contributed by atoms with E-state index in [2.05, 4.69) is 0 Å². The molecule has 0 spiro atoms. The Morgan fingerprint density at radius 3 is 2.14 bits per heavy atom. The summed E-state index contributed by atoms with van der Waals surface area (Å²) in [6.07, 6.45) is 6.82. The van der Waals surface area contributed by atoms with Crippen LogP contribution in [0.3, 0.4) is 0 Å². The molecule has 1 aliphatic rings. The Kier molecular flexibility index (Phi) is 1.50. The van der Waals surface area contributed by atoms with Gasteiger partial charge in [-0.1, -0.05) is 18.9 Å². The molecule has 0 atom stereocenters. The summed E-state index contributed by atoms with van der Waals surface area (Å²) in [4.78, 5) is 0. The van der Waals surface area contributed by atoms with Gasteiger partial charge in [-0.05, 0) is 25.3 Å². The van der Waals surface area contributed by atoms with E-state index in [-0.39, 0.29) is 0 Å². The van der Waals surface area contributed by atoms with Crippen LogP contribution in [0.5, 0.6) is 0 Å². The third-order valence-corrected chi connectivity index (χ3v) is 1.64. The minimum absolute atomic E-state index is 0.639. The molecule has 0 unspecified atom stereocenters. The van der Waals surface area contributed by atoms with Crippen molar-refractivity contribution < 1.29 is 0 Å². The van der Waals surface area contributed by atoms with Crippen LogP contribution in [-0.4, -0.2) is 0 Å². The van der Waals surface area contributed by atoms with Crippen molar-refractivity contribution in [2.45, 2.75) is 25.7 Å². The second kappa shape index (κ2) is 2.15. The number of hydrogen-bond acceptors (Lipinski definition) is 0. The zero-order chi connectivity index (χ0) is 5.11. The van der Waals surface area contributed by atoms with Gasteiger partial charge in [-0.25, -0.2) is 0 Å². The Balaban J connectivity index is 2.26. The first-order valence-electron chi connectivity index (χ1n) is 2.94. The lowest BCUT2D eigenvalue weighted by Gasteiger charge is -1.94. The molecular weight excluding hydrogens is 84.1 g/mol. The Labute approximate surface area is 45.2 Å². The minimum atomic E-state index is 0.639. The first-order valence-corrected chi connectivity index (χ1v) is 2.94. The highest BCUT2D eigenvalue weighted by Crippen LogP contribution is 2.24. The quantitative estimate of drug-likeness (QED) is 0.466. The molecule has 0 bridgehead atoms. The number of allylic oxidation sites excluding steroid dienone is 1. The van der Waals surface area contributed by atoms with Crippen LogP contribution < -0.4 is 0 Å². The summed E-state index contributed by atoms with van der Waals surface area (Å²) in [5.41, 5.74) is 0. The monoisotopic (exact) mass is 94.1 g/mol. The highest BCUT2D eigenvalue weighted by atomic mass is 14.1. The molecule has 2 radical (unpaired) electrons. The Bertz CT molecular complexity index is 58.4. The van der Waals surface area contributed by atoms with E-state index < -0.39 is 0 Å². The first-order chi connectivity index (χ1) is 3.43. The highest BCUT2D eigenvalue weighted by molar-refractivity contribution is 4.80. The molecule has 0 amide bonds. The molecule has 1 aliphatic carbocycles. The zero-order valence-electron chi connectivity index (χ0n) is 4.48. The number of rotatable bonds is 1. The third kappa shape index (κ3) is 1.05. The molecule has 1 fully saturated rings. The van der Waals surface area contributed by atoms with Crippen molar-refractivity contribution in [3.63, 3.8) is 0 Å². The van der Waals surface area contributed by atoms with Gasteiger partial charge in [-0.15, -0.1) is 0 Å². The van der Waals surface area contributed by atoms with E-state index >= 15 is 0 Å². The van der Waals surface area contributed by atoms with Crippen LogP contribution in [-0.2, 0) is 0 Å². The Hall–Kier alpha value is -0.260. The average molecular weight is 94.2 g/mol. The predicted molar refractivity (Wildman–Crippen MR) is 29.8 cm³/mol. The summed E-state index contributed by atoms with van der Waals surface area (Å²) in [6, 6.07) is 0. The largest absolute Gasteiger partial charge is 0.0729 e. The van der Waals surface area contributed by atoms with Crippen LogP contribution in [0.2, 0.25) is 0 Å². The smallest absolute Gasteiger partial charge is 0.0143 e. The molecule has 0 aromatic heterocycles. The summed E-state index contributed by atoms with van der Waals surface area (Å²) in [6.45, 7) is 6.87. The maximum atomic E-state index is 6.87. The lowest BCUT2D eigenvalue weighted by molar-refractivity contribution is 0.686. The summed E-state index contributed by atoms with van der Waals surface area (Å²) in [5.74, 6) is 0.639. The molecule has 0 heterocycles. The van der Waals surface area contributed by atoms with Crippen LogP contribution in [0.1, 0.15) is 25.7 Å². The molecule has 0 saturated heterocycles. The predicted octanol–water partition coefficient (Wildman–Crippen LogP) is 2.04. The number of hydrogen-bond donors (Lipinski definition) is 0. The SMILES string of the molecule is [C]=CC1CCCC1. The molecule has 0 aromatic rings. The maximum absolute atomic E-state index is 6.87. The van der Waals surface area contributed by atoms with Crippen LogP contribution in [0.25, 0.3) is 0 Å². The van der Waals surface area contributed by atoms with E-state index in [1.807, 2.05) is 0 Å². The molecule has 38 valence electrons. The topological polar surface area (TPSA) is 0 Å². The summed E-state index contributed by atoms with van der Waals surface area (Å²) < 4.78 is 0. The van der Waals surface area contributed by atoms with Gasteiger partial charge in [0.25, 0.3) is 0 Å². The standard InChI is InChI=1S/C7H10/c1-2-7-5-3-4-6-7/h2,7H,3-6H2. The summed E-state index contributed by atoms with van der Waals surface area (Å²) in [7, 11) is 0. The van der Waals surface area contributed by atoms with Crippen LogP contribution in [0.4, 0.5) is 0 Å². The van der Waals surface area contributed by atoms with Gasteiger partial charge in [0.1, 0.15) is 0 Å². The third-order valence-electron chi connectivity index (χ3n) is 1.64. The van der Waals surface area contributed by atoms with Crippen molar-refractivity contribution in [1.29, 1.82) is 0 Å². The molecule has 0 N–H and O–H groups in total. The maximum Gasteiger partial charge on any atom is -0.0143 e. The average Bonchev–Trinajstić information content (AvgIpc) is 2.14. The lowest BCUT2D eigenvalue weighted by Crippen LogP contribution is -1.82. The minimum Gasteiger partial charge on any atom is -0.0729 e. The van der Waals surface area contributed by atoms with Gasteiger partial charge in [0.2, 0.25) is 0 Å². The van der Waals surface area contributed by atoms with Gasteiger partial charge in [0.15, 0.2) is 0 Å². The summed E-state index contributed by atoms with van der Waals surface area (Å²) in [5, 5.41) is 0. The second-order valence-corrected chi connectivity index (χ2v) is 2.21. The first kappa shape index (κ1) is 4.89. The van der Waals surface area contributed by atoms with Gasteiger partial charge in [-0.2, -0.15) is 0 Å². The van der Waals surface area contributed by atoms with E-state index in [0.717, 1.165) is 0 Å². The Morgan fingerprint density at radius 2 is 1.86 bits per heavy atom. The van der Waals surface area contributed by atoms with E-state index in [9.17, 15) is 0 Å². The molecule has 1 rings (SSSR count). The lowest BCUT2D eigenvalue weighted by atomic mass is 10.1. The zero-order valence-corrected chi connectivity index (χ0v) is 4.48. The van der Waals surface area contributed by atoms with Crippen molar-refractivity contribution in [2.24, 2.45) is 5.92 Å². The van der Waals surface area contributed by atoms with Gasteiger partial charge in [-0.3, -0.25) is 0 Å². The molecule has 1 saturated carbocycles. The fourth-order valence-electron chi connectivity index (χ4n) is 1.12. The van der Waals surface area contributed by atoms with Crippen LogP contribution >= 0.6 is 0 Å². The van der Waals surface area contributed by atoms with Crippen molar-refractivity contribution in [1.82, 2.24) is 0 Å². The normalized spacial score (nSPS) is 22.9. The van der Waals surface area contributed by atoms with Crippen molar-refractivity contribution >= 4 is 0 Å². The van der Waals surface area contributed by atoms with Gasteiger partial charge in [0, 0.05) is 0 Å². The van der Waals surface area contributed by atoms with Crippen molar-refractivity contribution in [3.8, 4) is 0 Å². The fraction of sp³-hybridized carbons (Fsp3) is 0.714. The molecule has 0 aliphatic heterocycles. The van der Waals surface area contributed by atoms with Gasteiger partial charge in [0.05, 0.1) is 0 Å². The van der Waals surface area contributed by atoms with E-state index in [0.29, 0.717) is 5.92 Å². The van der Waals surface area contributed by atoms with Crippen molar-refractivity contribution in [3.05, 3.63) is 12.7 Å². The fourth-order valence-corrected chi connectivity index (χ4v) is 1.12. The van der Waals surface area contributed by atoms with Gasteiger partial charge < -0.3 is 0 Å².